The standard InChI is InChI=1S/C22H21Cl2N3S/c1-14-3-5-17(11-15(14)2)21-20(27-9-10-28-22(27)26-21)13-25-8-7-16-4-6-18(23)19(24)12-16/h3-6,9-12,25H,7-8,13H2,1-2H3. The molecule has 0 aliphatic heterocycles. The van der Waals surface area contributed by atoms with Crippen LogP contribution in [-0.2, 0) is 13.0 Å². The largest absolute Gasteiger partial charge is 0.311 e. The molecule has 0 saturated heterocycles. The minimum atomic E-state index is 0.593. The molecule has 28 heavy (non-hydrogen) atoms. The SMILES string of the molecule is Cc1ccc(-c2nc3sccn3c2CNCCc2ccc(Cl)c(Cl)c2)cc1C. The maximum Gasteiger partial charge on any atom is 0.194 e. The van der Waals surface area contributed by atoms with E-state index >= 15 is 0 Å². The summed E-state index contributed by atoms with van der Waals surface area (Å²) >= 11 is 13.8. The van der Waals surface area contributed by atoms with Crippen LogP contribution in [0.5, 0.6) is 0 Å². The number of hydrogen-bond acceptors (Lipinski definition) is 3. The third-order valence-electron chi connectivity index (χ3n) is 5.01. The molecular formula is C22H21Cl2N3S. The highest BCUT2D eigenvalue weighted by molar-refractivity contribution is 7.15. The van der Waals surface area contributed by atoms with Crippen LogP contribution in [-0.4, -0.2) is 15.9 Å². The number of aromatic nitrogens is 2. The van der Waals surface area contributed by atoms with E-state index in [4.69, 9.17) is 28.2 Å². The molecule has 0 fully saturated rings. The summed E-state index contributed by atoms with van der Waals surface area (Å²) in [5, 5.41) is 6.83. The molecule has 2 aromatic carbocycles. The lowest BCUT2D eigenvalue weighted by molar-refractivity contribution is 0.673. The predicted molar refractivity (Wildman–Crippen MR) is 120 cm³/mol. The topological polar surface area (TPSA) is 29.3 Å². The van der Waals surface area contributed by atoms with Gasteiger partial charge in [0.2, 0.25) is 0 Å². The first kappa shape index (κ1) is 19.5. The summed E-state index contributed by atoms with van der Waals surface area (Å²) in [7, 11) is 0. The summed E-state index contributed by atoms with van der Waals surface area (Å²) in [5.41, 5.74) is 7.16. The van der Waals surface area contributed by atoms with E-state index < -0.39 is 0 Å². The van der Waals surface area contributed by atoms with Gasteiger partial charge in [-0.1, -0.05) is 41.4 Å². The predicted octanol–water partition coefficient (Wildman–Crippen LogP) is 6.32. The number of imidazole rings is 1. The molecule has 0 saturated carbocycles. The number of fused-ring (bicyclic) bond motifs is 1. The molecule has 2 heterocycles. The molecule has 0 unspecified atom stereocenters. The van der Waals surface area contributed by atoms with Crippen LogP contribution in [0, 0.1) is 13.8 Å². The lowest BCUT2D eigenvalue weighted by Crippen LogP contribution is -2.18. The summed E-state index contributed by atoms with van der Waals surface area (Å²) in [6.07, 6.45) is 2.98. The van der Waals surface area contributed by atoms with Crippen molar-refractivity contribution >= 4 is 39.5 Å². The molecule has 0 aliphatic rings. The molecule has 4 rings (SSSR count). The third kappa shape index (κ3) is 3.96. The van der Waals surface area contributed by atoms with Crippen LogP contribution in [0.2, 0.25) is 10.0 Å². The fourth-order valence-electron chi connectivity index (χ4n) is 3.26. The Hall–Kier alpha value is -1.85. The Labute approximate surface area is 179 Å². The van der Waals surface area contributed by atoms with E-state index in [0.717, 1.165) is 30.2 Å². The van der Waals surface area contributed by atoms with Gasteiger partial charge in [-0.3, -0.25) is 4.40 Å². The van der Waals surface area contributed by atoms with Crippen LogP contribution in [0.4, 0.5) is 0 Å². The molecule has 0 aliphatic carbocycles. The summed E-state index contributed by atoms with van der Waals surface area (Å²) < 4.78 is 2.18. The van der Waals surface area contributed by atoms with Gasteiger partial charge in [0.1, 0.15) is 0 Å². The maximum atomic E-state index is 6.11. The van der Waals surface area contributed by atoms with Crippen LogP contribution in [0.1, 0.15) is 22.4 Å². The molecule has 1 N–H and O–H groups in total. The highest BCUT2D eigenvalue weighted by Crippen LogP contribution is 2.28. The van der Waals surface area contributed by atoms with Crippen molar-refractivity contribution in [1.82, 2.24) is 14.7 Å². The smallest absolute Gasteiger partial charge is 0.194 e. The molecule has 0 bridgehead atoms. The van der Waals surface area contributed by atoms with Crippen LogP contribution >= 0.6 is 34.5 Å². The van der Waals surface area contributed by atoms with Gasteiger partial charge in [0.05, 0.1) is 21.4 Å². The summed E-state index contributed by atoms with van der Waals surface area (Å²) in [6.45, 7) is 5.88. The van der Waals surface area contributed by atoms with E-state index in [9.17, 15) is 0 Å². The first-order chi connectivity index (χ1) is 13.5. The Kier molecular flexibility index (Phi) is 5.74. The quantitative estimate of drug-likeness (QED) is 0.363. The number of aryl methyl sites for hydroxylation is 2. The van der Waals surface area contributed by atoms with Crippen molar-refractivity contribution in [2.24, 2.45) is 0 Å². The number of nitrogens with one attached hydrogen (secondary N) is 1. The first-order valence-electron chi connectivity index (χ1n) is 9.19. The Bertz CT molecular complexity index is 1130. The minimum Gasteiger partial charge on any atom is -0.311 e. The monoisotopic (exact) mass is 429 g/mol. The van der Waals surface area contributed by atoms with Gasteiger partial charge in [-0.15, -0.1) is 11.3 Å². The number of benzene rings is 2. The molecule has 6 heteroatoms. The Morgan fingerprint density at radius 2 is 1.89 bits per heavy atom. The average molecular weight is 430 g/mol. The van der Waals surface area contributed by atoms with Crippen molar-refractivity contribution in [2.75, 3.05) is 6.54 Å². The van der Waals surface area contributed by atoms with Gasteiger partial charge in [-0.2, -0.15) is 0 Å². The van der Waals surface area contributed by atoms with E-state index in [0.29, 0.717) is 10.0 Å². The van der Waals surface area contributed by atoms with Crippen LogP contribution < -0.4 is 5.32 Å². The minimum absolute atomic E-state index is 0.593. The van der Waals surface area contributed by atoms with E-state index in [1.54, 1.807) is 11.3 Å². The Morgan fingerprint density at radius 1 is 1.04 bits per heavy atom. The average Bonchev–Trinajstić information content (AvgIpc) is 3.26. The fourth-order valence-corrected chi connectivity index (χ4v) is 4.31. The van der Waals surface area contributed by atoms with Crippen molar-refractivity contribution in [3.8, 4) is 11.3 Å². The van der Waals surface area contributed by atoms with Crippen LogP contribution in [0.25, 0.3) is 16.2 Å². The van der Waals surface area contributed by atoms with Crippen LogP contribution in [0.15, 0.2) is 48.0 Å². The molecule has 0 amide bonds. The summed E-state index contributed by atoms with van der Waals surface area (Å²) in [4.78, 5) is 5.90. The second-order valence-electron chi connectivity index (χ2n) is 6.94. The lowest BCUT2D eigenvalue weighted by Gasteiger charge is -2.09. The van der Waals surface area contributed by atoms with Gasteiger partial charge in [0.15, 0.2) is 4.96 Å². The zero-order chi connectivity index (χ0) is 19.7. The van der Waals surface area contributed by atoms with Gasteiger partial charge in [0, 0.05) is 23.7 Å². The van der Waals surface area contributed by atoms with E-state index in [-0.39, 0.29) is 0 Å². The third-order valence-corrected chi connectivity index (χ3v) is 6.50. The van der Waals surface area contributed by atoms with Crippen molar-refractivity contribution in [2.45, 2.75) is 26.8 Å². The van der Waals surface area contributed by atoms with Crippen molar-refractivity contribution in [3.63, 3.8) is 0 Å². The normalized spacial score (nSPS) is 11.4. The zero-order valence-electron chi connectivity index (χ0n) is 15.8. The molecule has 4 aromatic rings. The van der Waals surface area contributed by atoms with Crippen molar-refractivity contribution in [3.05, 3.63) is 80.4 Å². The molecule has 2 aromatic heterocycles. The first-order valence-corrected chi connectivity index (χ1v) is 10.8. The van der Waals surface area contributed by atoms with Gasteiger partial charge in [0.25, 0.3) is 0 Å². The van der Waals surface area contributed by atoms with Gasteiger partial charge in [-0.05, 0) is 61.7 Å². The van der Waals surface area contributed by atoms with Gasteiger partial charge in [-0.25, -0.2) is 4.98 Å². The van der Waals surface area contributed by atoms with Gasteiger partial charge >= 0.3 is 0 Å². The molecule has 144 valence electrons. The van der Waals surface area contributed by atoms with Crippen LogP contribution in [0.3, 0.4) is 0 Å². The number of hydrogen-bond donors (Lipinski definition) is 1. The van der Waals surface area contributed by atoms with E-state index in [1.165, 1.54) is 27.9 Å². The summed E-state index contributed by atoms with van der Waals surface area (Å²) in [5.74, 6) is 0. The molecular weight excluding hydrogens is 409 g/mol. The van der Waals surface area contributed by atoms with E-state index in [2.05, 4.69) is 53.3 Å². The molecule has 0 spiro atoms. The Morgan fingerprint density at radius 3 is 2.68 bits per heavy atom. The zero-order valence-corrected chi connectivity index (χ0v) is 18.1. The highest BCUT2D eigenvalue weighted by atomic mass is 35.5. The van der Waals surface area contributed by atoms with Crippen molar-refractivity contribution < 1.29 is 0 Å². The summed E-state index contributed by atoms with van der Waals surface area (Å²) in [6, 6.07) is 12.4. The Balaban J connectivity index is 1.52. The molecule has 0 radical (unpaired) electrons. The number of rotatable bonds is 6. The second-order valence-corrected chi connectivity index (χ2v) is 8.62. The highest BCUT2D eigenvalue weighted by Gasteiger charge is 2.15. The fraction of sp³-hybridized carbons (Fsp3) is 0.227. The molecule has 0 atom stereocenters. The lowest BCUT2D eigenvalue weighted by atomic mass is 10.0. The number of thiazole rings is 1. The maximum absolute atomic E-state index is 6.11. The van der Waals surface area contributed by atoms with E-state index in [1.807, 2.05) is 18.2 Å². The number of halogens is 2. The number of nitrogens with zero attached hydrogens (tertiary/aromatic N) is 2. The van der Waals surface area contributed by atoms with Gasteiger partial charge < -0.3 is 5.32 Å². The van der Waals surface area contributed by atoms with Crippen molar-refractivity contribution in [1.29, 1.82) is 0 Å². The molecule has 3 nitrogen and oxygen atoms in total. The second kappa shape index (κ2) is 8.26.